The molecule has 2 unspecified atom stereocenters. The molecule has 2 atom stereocenters. The van der Waals surface area contributed by atoms with E-state index in [0.29, 0.717) is 18.1 Å². The zero-order chi connectivity index (χ0) is 19.2. The standard InChI is InChI=1S/C18H28BrN5O2S/c1-18(2,3)26-17(25)22-8-6-12(7-9-22)24-13-4-5-14(24)11-23(10-13)16-21-20-15(19)27-16/h12-14H,4-11H2,1-3H3. The highest BCUT2D eigenvalue weighted by Gasteiger charge is 2.44. The van der Waals surface area contributed by atoms with Crippen LogP contribution in [0.3, 0.4) is 0 Å². The van der Waals surface area contributed by atoms with E-state index < -0.39 is 5.60 Å². The van der Waals surface area contributed by atoms with Gasteiger partial charge in [0.15, 0.2) is 3.92 Å². The molecule has 7 nitrogen and oxygen atoms in total. The van der Waals surface area contributed by atoms with E-state index in [4.69, 9.17) is 4.74 Å². The number of fused-ring (bicyclic) bond motifs is 2. The number of likely N-dealkylation sites (tertiary alicyclic amines) is 1. The number of halogens is 1. The van der Waals surface area contributed by atoms with Gasteiger partial charge in [-0.25, -0.2) is 4.79 Å². The summed E-state index contributed by atoms with van der Waals surface area (Å²) < 4.78 is 6.38. The number of carbonyl (C=O) groups excluding carboxylic acids is 1. The minimum Gasteiger partial charge on any atom is -0.444 e. The first kappa shape index (κ1) is 19.4. The number of piperazine rings is 1. The third-order valence-electron chi connectivity index (χ3n) is 5.74. The van der Waals surface area contributed by atoms with Gasteiger partial charge in [0.1, 0.15) is 5.60 Å². The molecule has 1 amide bonds. The van der Waals surface area contributed by atoms with Crippen molar-refractivity contribution in [3.05, 3.63) is 3.92 Å². The second-order valence-corrected chi connectivity index (χ2v) is 11.0. The quantitative estimate of drug-likeness (QED) is 0.678. The first-order valence-electron chi connectivity index (χ1n) is 9.79. The zero-order valence-corrected chi connectivity index (χ0v) is 18.6. The highest BCUT2D eigenvalue weighted by atomic mass is 79.9. The predicted octanol–water partition coefficient (Wildman–Crippen LogP) is 3.35. The summed E-state index contributed by atoms with van der Waals surface area (Å²) in [6.45, 7) is 9.42. The van der Waals surface area contributed by atoms with Gasteiger partial charge in [-0.05, 0) is 62.4 Å². The van der Waals surface area contributed by atoms with Gasteiger partial charge in [-0.15, -0.1) is 10.2 Å². The number of amides is 1. The predicted molar refractivity (Wildman–Crippen MR) is 109 cm³/mol. The van der Waals surface area contributed by atoms with E-state index in [2.05, 4.69) is 35.9 Å². The first-order valence-corrected chi connectivity index (χ1v) is 11.4. The number of aromatic nitrogens is 2. The summed E-state index contributed by atoms with van der Waals surface area (Å²) in [6, 6.07) is 1.75. The Bertz CT molecular complexity index is 672. The number of ether oxygens (including phenoxy) is 1. The highest BCUT2D eigenvalue weighted by Crippen LogP contribution is 2.37. The molecule has 3 aliphatic heterocycles. The molecule has 3 fully saturated rings. The Morgan fingerprint density at radius 1 is 1.07 bits per heavy atom. The maximum Gasteiger partial charge on any atom is 0.410 e. The minimum atomic E-state index is -0.428. The normalized spacial score (nSPS) is 27.3. The summed E-state index contributed by atoms with van der Waals surface area (Å²) in [5.41, 5.74) is -0.428. The van der Waals surface area contributed by atoms with Crippen molar-refractivity contribution in [2.24, 2.45) is 0 Å². The second-order valence-electron chi connectivity index (χ2n) is 8.77. The zero-order valence-electron chi connectivity index (χ0n) is 16.2. The number of carbonyl (C=O) groups is 1. The molecule has 2 bridgehead atoms. The lowest BCUT2D eigenvalue weighted by molar-refractivity contribution is 0.00868. The minimum absolute atomic E-state index is 0.171. The van der Waals surface area contributed by atoms with Crippen LogP contribution < -0.4 is 4.90 Å². The van der Waals surface area contributed by atoms with Crippen LogP contribution in [0.25, 0.3) is 0 Å². The summed E-state index contributed by atoms with van der Waals surface area (Å²) in [7, 11) is 0. The molecule has 3 saturated heterocycles. The maximum absolute atomic E-state index is 12.3. The van der Waals surface area contributed by atoms with E-state index in [0.717, 1.165) is 48.1 Å². The van der Waals surface area contributed by atoms with Crippen molar-refractivity contribution >= 4 is 38.5 Å². The van der Waals surface area contributed by atoms with Gasteiger partial charge in [-0.1, -0.05) is 11.3 Å². The van der Waals surface area contributed by atoms with Gasteiger partial charge in [0.05, 0.1) is 0 Å². The van der Waals surface area contributed by atoms with E-state index in [-0.39, 0.29) is 6.09 Å². The molecule has 1 aromatic heterocycles. The average molecular weight is 458 g/mol. The van der Waals surface area contributed by atoms with E-state index in [1.54, 1.807) is 11.3 Å². The summed E-state index contributed by atoms with van der Waals surface area (Å²) in [6.07, 6.45) is 4.42. The summed E-state index contributed by atoms with van der Waals surface area (Å²) in [5.74, 6) is 0. The molecule has 4 heterocycles. The maximum atomic E-state index is 12.3. The lowest BCUT2D eigenvalue weighted by atomic mass is 10.00. The van der Waals surface area contributed by atoms with Crippen molar-refractivity contribution in [3.8, 4) is 0 Å². The van der Waals surface area contributed by atoms with Gasteiger partial charge in [0.2, 0.25) is 5.13 Å². The molecule has 0 aromatic carbocycles. The van der Waals surface area contributed by atoms with Gasteiger partial charge in [0, 0.05) is 44.3 Å². The summed E-state index contributed by atoms with van der Waals surface area (Å²) >= 11 is 5.03. The van der Waals surface area contributed by atoms with Crippen molar-refractivity contribution in [1.29, 1.82) is 0 Å². The third-order valence-corrected chi connectivity index (χ3v) is 7.15. The van der Waals surface area contributed by atoms with Crippen molar-refractivity contribution in [2.75, 3.05) is 31.1 Å². The SMILES string of the molecule is CC(C)(C)OC(=O)N1CCC(N2C3CCC2CN(c2nnc(Br)s2)C3)CC1. The van der Waals surface area contributed by atoms with E-state index in [1.165, 1.54) is 12.8 Å². The molecule has 0 saturated carbocycles. The van der Waals surface area contributed by atoms with Crippen LogP contribution in [0.2, 0.25) is 0 Å². The van der Waals surface area contributed by atoms with Gasteiger partial charge in [0.25, 0.3) is 0 Å². The molecule has 27 heavy (non-hydrogen) atoms. The van der Waals surface area contributed by atoms with Crippen LogP contribution in [-0.4, -0.2) is 76.0 Å². The Morgan fingerprint density at radius 2 is 1.70 bits per heavy atom. The van der Waals surface area contributed by atoms with Crippen LogP contribution in [0.15, 0.2) is 3.92 Å². The molecular formula is C18H28BrN5O2S. The molecular weight excluding hydrogens is 430 g/mol. The Balaban J connectivity index is 1.34. The van der Waals surface area contributed by atoms with Crippen molar-refractivity contribution in [3.63, 3.8) is 0 Å². The molecule has 0 N–H and O–H groups in total. The van der Waals surface area contributed by atoms with Crippen LogP contribution in [0.4, 0.5) is 9.93 Å². The van der Waals surface area contributed by atoms with Crippen LogP contribution in [0.1, 0.15) is 46.5 Å². The fourth-order valence-electron chi connectivity index (χ4n) is 4.69. The number of nitrogens with zero attached hydrogens (tertiary/aromatic N) is 5. The second kappa shape index (κ2) is 7.48. The van der Waals surface area contributed by atoms with Gasteiger partial charge in [-0.3, -0.25) is 4.90 Å². The fourth-order valence-corrected chi connectivity index (χ4v) is 5.79. The van der Waals surface area contributed by atoms with Gasteiger partial charge < -0.3 is 14.5 Å². The Labute approximate surface area is 173 Å². The van der Waals surface area contributed by atoms with Gasteiger partial charge >= 0.3 is 6.09 Å². The molecule has 1 aromatic rings. The van der Waals surface area contributed by atoms with E-state index in [1.807, 2.05) is 25.7 Å². The van der Waals surface area contributed by atoms with E-state index in [9.17, 15) is 4.79 Å². The number of anilines is 1. The third kappa shape index (κ3) is 4.24. The lowest BCUT2D eigenvalue weighted by Crippen LogP contribution is -2.59. The monoisotopic (exact) mass is 457 g/mol. The first-order chi connectivity index (χ1) is 12.8. The van der Waals surface area contributed by atoms with Crippen LogP contribution in [0, 0.1) is 0 Å². The Morgan fingerprint density at radius 3 is 2.22 bits per heavy atom. The molecule has 150 valence electrons. The average Bonchev–Trinajstić information content (AvgIpc) is 3.14. The van der Waals surface area contributed by atoms with Crippen molar-refractivity contribution in [2.45, 2.75) is 70.2 Å². The molecule has 4 rings (SSSR count). The Hall–Kier alpha value is -0.930. The van der Waals surface area contributed by atoms with E-state index >= 15 is 0 Å². The smallest absolute Gasteiger partial charge is 0.410 e. The molecule has 0 aliphatic carbocycles. The fraction of sp³-hybridized carbons (Fsp3) is 0.833. The van der Waals surface area contributed by atoms with Gasteiger partial charge in [-0.2, -0.15) is 0 Å². The highest BCUT2D eigenvalue weighted by molar-refractivity contribution is 9.11. The number of rotatable bonds is 2. The topological polar surface area (TPSA) is 61.8 Å². The van der Waals surface area contributed by atoms with Crippen molar-refractivity contribution in [1.82, 2.24) is 20.0 Å². The number of hydrogen-bond acceptors (Lipinski definition) is 7. The van der Waals surface area contributed by atoms with Crippen LogP contribution >= 0.6 is 27.3 Å². The van der Waals surface area contributed by atoms with Crippen LogP contribution in [0.5, 0.6) is 0 Å². The summed E-state index contributed by atoms with van der Waals surface area (Å²) in [5, 5.41) is 9.43. The molecule has 3 aliphatic rings. The summed E-state index contributed by atoms with van der Waals surface area (Å²) in [4.78, 5) is 19.3. The molecule has 9 heteroatoms. The lowest BCUT2D eigenvalue weighted by Gasteiger charge is -2.47. The molecule has 0 spiro atoms. The van der Waals surface area contributed by atoms with Crippen LogP contribution in [-0.2, 0) is 4.74 Å². The molecule has 0 radical (unpaired) electrons. The number of piperidine rings is 1. The number of hydrogen-bond donors (Lipinski definition) is 0. The van der Waals surface area contributed by atoms with Crippen molar-refractivity contribution < 1.29 is 9.53 Å². The Kier molecular flexibility index (Phi) is 5.37. The largest absolute Gasteiger partial charge is 0.444 e.